The largest absolute Gasteiger partial charge is 0.467 e. The summed E-state index contributed by atoms with van der Waals surface area (Å²) in [6, 6.07) is 3.36. The Bertz CT molecular complexity index is 446. The maximum absolute atomic E-state index is 12.0. The third-order valence-corrected chi connectivity index (χ3v) is 3.27. The molecule has 1 fully saturated rings. The number of rotatable bonds is 3. The van der Waals surface area contributed by atoms with Gasteiger partial charge in [-0.1, -0.05) is 12.2 Å². The van der Waals surface area contributed by atoms with Crippen LogP contribution in [0.1, 0.15) is 5.76 Å². The highest BCUT2D eigenvalue weighted by atomic mass is 35.5. The van der Waals surface area contributed by atoms with Crippen molar-refractivity contribution < 1.29 is 13.9 Å². The van der Waals surface area contributed by atoms with E-state index in [1.54, 1.807) is 12.3 Å². The number of fused-ring (bicyclic) bond motifs is 2. The van der Waals surface area contributed by atoms with E-state index in [-0.39, 0.29) is 42.5 Å². The SMILES string of the molecule is Cl.N[C@@H]1[C@H](C(=O)NCc2ccco2)[C@H]2C=C[C@@H]1O2. The Morgan fingerprint density at radius 1 is 1.39 bits per heavy atom. The zero-order chi connectivity index (χ0) is 11.8. The first-order valence-electron chi connectivity index (χ1n) is 5.65. The van der Waals surface area contributed by atoms with Crippen LogP contribution in [-0.2, 0) is 16.1 Å². The number of hydrogen-bond donors (Lipinski definition) is 2. The Hall–Kier alpha value is -1.30. The molecule has 2 bridgehead atoms. The number of halogens is 1. The fourth-order valence-electron chi connectivity index (χ4n) is 2.37. The van der Waals surface area contributed by atoms with Gasteiger partial charge in [-0.2, -0.15) is 0 Å². The van der Waals surface area contributed by atoms with Crippen LogP contribution < -0.4 is 11.1 Å². The van der Waals surface area contributed by atoms with Gasteiger partial charge >= 0.3 is 0 Å². The van der Waals surface area contributed by atoms with Crippen LogP contribution in [0.3, 0.4) is 0 Å². The van der Waals surface area contributed by atoms with E-state index in [1.165, 1.54) is 0 Å². The molecule has 0 unspecified atom stereocenters. The van der Waals surface area contributed by atoms with E-state index in [9.17, 15) is 4.79 Å². The monoisotopic (exact) mass is 270 g/mol. The smallest absolute Gasteiger partial charge is 0.228 e. The Labute approximate surface area is 111 Å². The molecule has 5 nitrogen and oxygen atoms in total. The molecule has 0 aromatic carbocycles. The Kier molecular flexibility index (Phi) is 3.75. The van der Waals surface area contributed by atoms with Gasteiger partial charge in [0.2, 0.25) is 5.91 Å². The minimum Gasteiger partial charge on any atom is -0.467 e. The topological polar surface area (TPSA) is 77.5 Å². The van der Waals surface area contributed by atoms with E-state index in [0.29, 0.717) is 6.54 Å². The van der Waals surface area contributed by atoms with Crippen molar-refractivity contribution in [2.45, 2.75) is 24.8 Å². The lowest BCUT2D eigenvalue weighted by molar-refractivity contribution is -0.126. The Morgan fingerprint density at radius 3 is 2.78 bits per heavy atom. The first-order chi connectivity index (χ1) is 8.25. The van der Waals surface area contributed by atoms with Crippen molar-refractivity contribution in [3.63, 3.8) is 0 Å². The molecular formula is C12H15ClN2O3. The summed E-state index contributed by atoms with van der Waals surface area (Å²) >= 11 is 0. The standard InChI is InChI=1S/C12H14N2O3.ClH/c13-11-9-4-3-8(17-9)10(11)12(15)14-6-7-2-1-5-16-7;/h1-5,8-11H,6,13H2,(H,14,15);1H/t8-,9+,10-,11+;/m1./s1. The molecule has 1 aromatic rings. The summed E-state index contributed by atoms with van der Waals surface area (Å²) in [6.45, 7) is 0.385. The molecule has 3 N–H and O–H groups in total. The van der Waals surface area contributed by atoms with E-state index in [0.717, 1.165) is 5.76 Å². The number of ether oxygens (including phenoxy) is 1. The molecule has 3 rings (SSSR count). The number of carbonyl (C=O) groups is 1. The average Bonchev–Trinajstić information content (AvgIpc) is 3.02. The van der Waals surface area contributed by atoms with Gasteiger partial charge in [0.25, 0.3) is 0 Å². The second kappa shape index (κ2) is 5.14. The van der Waals surface area contributed by atoms with Gasteiger partial charge in [0, 0.05) is 6.04 Å². The first-order valence-corrected chi connectivity index (χ1v) is 5.65. The van der Waals surface area contributed by atoms with Crippen LogP contribution in [0.25, 0.3) is 0 Å². The van der Waals surface area contributed by atoms with E-state index in [1.807, 2.05) is 18.2 Å². The lowest BCUT2D eigenvalue weighted by atomic mass is 9.89. The van der Waals surface area contributed by atoms with E-state index in [2.05, 4.69) is 5.32 Å². The molecule has 18 heavy (non-hydrogen) atoms. The van der Waals surface area contributed by atoms with Gasteiger partial charge in [0.15, 0.2) is 0 Å². The average molecular weight is 271 g/mol. The molecule has 0 saturated carbocycles. The van der Waals surface area contributed by atoms with Gasteiger partial charge in [-0.15, -0.1) is 12.4 Å². The molecule has 98 valence electrons. The molecule has 1 aromatic heterocycles. The summed E-state index contributed by atoms with van der Waals surface area (Å²) in [5, 5.41) is 2.82. The van der Waals surface area contributed by atoms with Gasteiger partial charge in [0.1, 0.15) is 5.76 Å². The number of hydrogen-bond acceptors (Lipinski definition) is 4. The summed E-state index contributed by atoms with van der Waals surface area (Å²) < 4.78 is 10.7. The van der Waals surface area contributed by atoms with Crippen LogP contribution in [0, 0.1) is 5.92 Å². The maximum Gasteiger partial charge on any atom is 0.228 e. The predicted octanol–water partition coefficient (Wildman–Crippen LogP) is 0.598. The van der Waals surface area contributed by atoms with Crippen molar-refractivity contribution in [3.05, 3.63) is 36.3 Å². The van der Waals surface area contributed by atoms with Gasteiger partial charge in [-0.25, -0.2) is 0 Å². The maximum atomic E-state index is 12.0. The lowest BCUT2D eigenvalue weighted by Crippen LogP contribution is -2.46. The second-order valence-electron chi connectivity index (χ2n) is 4.35. The highest BCUT2D eigenvalue weighted by molar-refractivity contribution is 5.85. The van der Waals surface area contributed by atoms with Crippen LogP contribution >= 0.6 is 12.4 Å². The van der Waals surface area contributed by atoms with Crippen LogP contribution in [-0.4, -0.2) is 24.2 Å². The highest BCUT2D eigenvalue weighted by Gasteiger charge is 2.47. The molecule has 0 spiro atoms. The van der Waals surface area contributed by atoms with E-state index >= 15 is 0 Å². The highest BCUT2D eigenvalue weighted by Crippen LogP contribution is 2.32. The lowest BCUT2D eigenvalue weighted by Gasteiger charge is -2.20. The van der Waals surface area contributed by atoms with Crippen molar-refractivity contribution in [2.24, 2.45) is 11.7 Å². The van der Waals surface area contributed by atoms with Gasteiger partial charge in [-0.3, -0.25) is 4.79 Å². The molecule has 6 heteroatoms. The summed E-state index contributed by atoms with van der Waals surface area (Å²) in [5.41, 5.74) is 5.95. The molecule has 0 aliphatic carbocycles. The van der Waals surface area contributed by atoms with Crippen molar-refractivity contribution >= 4 is 18.3 Å². The van der Waals surface area contributed by atoms with Gasteiger partial charge in [-0.05, 0) is 12.1 Å². The number of nitrogens with one attached hydrogen (secondary N) is 1. The van der Waals surface area contributed by atoms with Crippen molar-refractivity contribution in [1.29, 1.82) is 0 Å². The second-order valence-corrected chi connectivity index (χ2v) is 4.35. The minimum absolute atomic E-state index is 0. The Balaban J connectivity index is 0.00000120. The zero-order valence-electron chi connectivity index (χ0n) is 9.61. The number of amides is 1. The fourth-order valence-corrected chi connectivity index (χ4v) is 2.37. The van der Waals surface area contributed by atoms with E-state index in [4.69, 9.17) is 14.9 Å². The summed E-state index contributed by atoms with van der Waals surface area (Å²) in [4.78, 5) is 12.0. The third-order valence-electron chi connectivity index (χ3n) is 3.27. The van der Waals surface area contributed by atoms with E-state index < -0.39 is 0 Å². The van der Waals surface area contributed by atoms with Crippen molar-refractivity contribution in [1.82, 2.24) is 5.32 Å². The van der Waals surface area contributed by atoms with Crippen molar-refractivity contribution in [3.8, 4) is 0 Å². The van der Waals surface area contributed by atoms with Crippen LogP contribution in [0.5, 0.6) is 0 Å². The zero-order valence-corrected chi connectivity index (χ0v) is 10.4. The molecule has 3 heterocycles. The number of furan rings is 1. The van der Waals surface area contributed by atoms with Gasteiger partial charge < -0.3 is 20.2 Å². The summed E-state index contributed by atoms with van der Waals surface area (Å²) in [6.07, 6.45) is 5.12. The molecule has 1 saturated heterocycles. The third kappa shape index (κ3) is 2.16. The minimum atomic E-state index is -0.292. The molecule has 4 atom stereocenters. The molecule has 1 amide bonds. The van der Waals surface area contributed by atoms with Crippen molar-refractivity contribution in [2.75, 3.05) is 0 Å². The van der Waals surface area contributed by atoms with Crippen LogP contribution in [0.15, 0.2) is 35.0 Å². The number of nitrogens with two attached hydrogens (primary N) is 1. The quantitative estimate of drug-likeness (QED) is 0.789. The summed E-state index contributed by atoms with van der Waals surface area (Å²) in [7, 11) is 0. The molecule has 2 aliphatic rings. The van der Waals surface area contributed by atoms with Crippen LogP contribution in [0.2, 0.25) is 0 Å². The normalized spacial score (nSPS) is 32.3. The van der Waals surface area contributed by atoms with Crippen LogP contribution in [0.4, 0.5) is 0 Å². The van der Waals surface area contributed by atoms with Gasteiger partial charge in [0.05, 0.1) is 30.9 Å². The summed E-state index contributed by atoms with van der Waals surface area (Å²) in [5.74, 6) is 0.359. The molecule has 0 radical (unpaired) electrons. The number of carbonyl (C=O) groups excluding carboxylic acids is 1. The predicted molar refractivity (Wildman–Crippen MR) is 67.1 cm³/mol. The first kappa shape index (κ1) is 13.1. The molecular weight excluding hydrogens is 256 g/mol. The molecule has 2 aliphatic heterocycles. The fraction of sp³-hybridized carbons (Fsp3) is 0.417. The Morgan fingerprint density at radius 2 is 2.17 bits per heavy atom.